The number of benzene rings is 2. The molecule has 4 heteroatoms. The van der Waals surface area contributed by atoms with Gasteiger partial charge < -0.3 is 9.73 Å². The van der Waals surface area contributed by atoms with E-state index in [4.69, 9.17) is 4.42 Å². The van der Waals surface area contributed by atoms with E-state index in [1.54, 1.807) is 6.07 Å². The lowest BCUT2D eigenvalue weighted by Gasteiger charge is -2.11. The standard InChI is InChI=1S/C19H15NO3/c1-10-8-9-13-16(21)14-15(12-6-4-3-5-7-12)20-19(22)18(14)23-17(13)11(10)2/h3-9,15H,1-2H3,(H,20,22). The molecule has 0 aliphatic carbocycles. The first-order valence-electron chi connectivity index (χ1n) is 7.50. The van der Waals surface area contributed by atoms with Crippen LogP contribution < -0.4 is 10.7 Å². The molecule has 1 atom stereocenters. The molecule has 0 bridgehead atoms. The Labute approximate surface area is 132 Å². The van der Waals surface area contributed by atoms with Gasteiger partial charge in [-0.05, 0) is 36.6 Å². The molecule has 114 valence electrons. The first-order valence-corrected chi connectivity index (χ1v) is 7.50. The van der Waals surface area contributed by atoms with Crippen LogP contribution in [0.15, 0.2) is 51.7 Å². The molecule has 0 spiro atoms. The number of fused-ring (bicyclic) bond motifs is 2. The molecule has 1 amide bonds. The molecular weight excluding hydrogens is 290 g/mol. The molecule has 1 N–H and O–H groups in total. The van der Waals surface area contributed by atoms with Crippen LogP contribution in [0, 0.1) is 13.8 Å². The minimum Gasteiger partial charge on any atom is -0.450 e. The monoisotopic (exact) mass is 305 g/mol. The van der Waals surface area contributed by atoms with Crippen molar-refractivity contribution in [1.29, 1.82) is 0 Å². The zero-order valence-electron chi connectivity index (χ0n) is 12.8. The van der Waals surface area contributed by atoms with E-state index in [0.717, 1.165) is 16.7 Å². The van der Waals surface area contributed by atoms with Gasteiger partial charge in [0.25, 0.3) is 5.91 Å². The second kappa shape index (κ2) is 4.81. The summed E-state index contributed by atoms with van der Waals surface area (Å²) >= 11 is 0. The van der Waals surface area contributed by atoms with Crippen molar-refractivity contribution >= 4 is 16.9 Å². The van der Waals surface area contributed by atoms with E-state index >= 15 is 0 Å². The van der Waals surface area contributed by atoms with Crippen molar-refractivity contribution in [1.82, 2.24) is 5.32 Å². The smallest absolute Gasteiger partial charge is 0.288 e. The van der Waals surface area contributed by atoms with Crippen LogP contribution in [0.25, 0.3) is 11.0 Å². The number of hydrogen-bond acceptors (Lipinski definition) is 3. The van der Waals surface area contributed by atoms with Crippen molar-refractivity contribution in [2.24, 2.45) is 0 Å². The minimum absolute atomic E-state index is 0.130. The highest BCUT2D eigenvalue weighted by atomic mass is 16.3. The Hall–Kier alpha value is -2.88. The van der Waals surface area contributed by atoms with Crippen LogP contribution in [0.5, 0.6) is 0 Å². The van der Waals surface area contributed by atoms with Gasteiger partial charge in [-0.15, -0.1) is 0 Å². The number of hydrogen-bond donors (Lipinski definition) is 1. The van der Waals surface area contributed by atoms with Crippen LogP contribution in [0.2, 0.25) is 0 Å². The largest absolute Gasteiger partial charge is 0.450 e. The topological polar surface area (TPSA) is 59.3 Å². The summed E-state index contributed by atoms with van der Waals surface area (Å²) in [4.78, 5) is 25.3. The Balaban J connectivity index is 2.05. The molecule has 1 aromatic heterocycles. The van der Waals surface area contributed by atoms with Gasteiger partial charge in [0.05, 0.1) is 17.0 Å². The maximum absolute atomic E-state index is 13.0. The molecule has 0 radical (unpaired) electrons. The second-order valence-electron chi connectivity index (χ2n) is 5.88. The highest BCUT2D eigenvalue weighted by molar-refractivity contribution is 5.99. The molecule has 1 aliphatic heterocycles. The zero-order chi connectivity index (χ0) is 16.1. The van der Waals surface area contributed by atoms with E-state index in [-0.39, 0.29) is 17.1 Å². The molecule has 23 heavy (non-hydrogen) atoms. The summed E-state index contributed by atoms with van der Waals surface area (Å²) in [6.07, 6.45) is 0. The van der Waals surface area contributed by atoms with E-state index in [0.29, 0.717) is 16.5 Å². The third kappa shape index (κ3) is 1.91. The van der Waals surface area contributed by atoms with Crippen molar-refractivity contribution in [3.05, 3.63) is 80.7 Å². The van der Waals surface area contributed by atoms with Crippen LogP contribution in [-0.2, 0) is 0 Å². The highest BCUT2D eigenvalue weighted by Crippen LogP contribution is 2.32. The Morgan fingerprint density at radius 2 is 1.74 bits per heavy atom. The van der Waals surface area contributed by atoms with Crippen LogP contribution in [0.1, 0.15) is 38.9 Å². The normalized spacial score (nSPS) is 16.4. The molecule has 0 saturated heterocycles. The predicted molar refractivity (Wildman–Crippen MR) is 87.7 cm³/mol. The molecule has 2 aromatic carbocycles. The SMILES string of the molecule is Cc1ccc2c(=O)c3c(oc2c1C)C(=O)NC3c1ccccc1. The fourth-order valence-electron chi connectivity index (χ4n) is 3.10. The Kier molecular flexibility index (Phi) is 2.88. The van der Waals surface area contributed by atoms with Gasteiger partial charge in [0.2, 0.25) is 5.76 Å². The summed E-state index contributed by atoms with van der Waals surface area (Å²) in [7, 11) is 0. The van der Waals surface area contributed by atoms with Gasteiger partial charge in [0.15, 0.2) is 5.43 Å². The summed E-state index contributed by atoms with van der Waals surface area (Å²) in [5, 5.41) is 3.37. The van der Waals surface area contributed by atoms with Gasteiger partial charge in [0, 0.05) is 0 Å². The number of carbonyl (C=O) groups excluding carboxylic acids is 1. The van der Waals surface area contributed by atoms with E-state index in [1.165, 1.54) is 0 Å². The maximum Gasteiger partial charge on any atom is 0.288 e. The molecule has 0 fully saturated rings. The highest BCUT2D eigenvalue weighted by Gasteiger charge is 2.35. The third-order valence-electron chi connectivity index (χ3n) is 4.52. The molecule has 4 nitrogen and oxygen atoms in total. The fraction of sp³-hybridized carbons (Fsp3) is 0.158. The summed E-state index contributed by atoms with van der Waals surface area (Å²) < 4.78 is 5.85. The summed E-state index contributed by atoms with van der Waals surface area (Å²) in [5.74, 6) is -0.209. The molecule has 4 rings (SSSR count). The number of amides is 1. The van der Waals surface area contributed by atoms with Gasteiger partial charge in [-0.25, -0.2) is 0 Å². The Morgan fingerprint density at radius 1 is 1.00 bits per heavy atom. The fourth-order valence-corrected chi connectivity index (χ4v) is 3.10. The number of nitrogens with one attached hydrogen (secondary N) is 1. The van der Waals surface area contributed by atoms with Crippen molar-refractivity contribution in [3.8, 4) is 0 Å². The van der Waals surface area contributed by atoms with Crippen molar-refractivity contribution in [3.63, 3.8) is 0 Å². The first kappa shape index (κ1) is 13.8. The van der Waals surface area contributed by atoms with Crippen LogP contribution in [-0.4, -0.2) is 5.91 Å². The molecule has 0 saturated carbocycles. The minimum atomic E-state index is -0.457. The van der Waals surface area contributed by atoms with Gasteiger partial charge in [0.1, 0.15) is 5.58 Å². The van der Waals surface area contributed by atoms with Gasteiger partial charge in [-0.2, -0.15) is 0 Å². The predicted octanol–water partition coefficient (Wildman–Crippen LogP) is 3.24. The lowest BCUT2D eigenvalue weighted by Crippen LogP contribution is -2.21. The van der Waals surface area contributed by atoms with Gasteiger partial charge in [-0.1, -0.05) is 36.4 Å². The van der Waals surface area contributed by atoms with E-state index in [9.17, 15) is 9.59 Å². The van der Waals surface area contributed by atoms with E-state index < -0.39 is 6.04 Å². The molecular formula is C19H15NO3. The molecule has 1 aliphatic rings. The average Bonchev–Trinajstić information content (AvgIpc) is 2.90. The average molecular weight is 305 g/mol. The maximum atomic E-state index is 13.0. The lowest BCUT2D eigenvalue weighted by molar-refractivity contribution is 0.0938. The Bertz CT molecular complexity index is 1000. The number of rotatable bonds is 1. The molecule has 3 aromatic rings. The third-order valence-corrected chi connectivity index (χ3v) is 4.52. The van der Waals surface area contributed by atoms with Crippen molar-refractivity contribution in [2.45, 2.75) is 19.9 Å². The van der Waals surface area contributed by atoms with Gasteiger partial charge in [-0.3, -0.25) is 9.59 Å². The number of carbonyl (C=O) groups is 1. The van der Waals surface area contributed by atoms with E-state index in [2.05, 4.69) is 5.32 Å². The quantitative estimate of drug-likeness (QED) is 0.751. The zero-order valence-corrected chi connectivity index (χ0v) is 12.8. The first-order chi connectivity index (χ1) is 11.1. The summed E-state index contributed by atoms with van der Waals surface area (Å²) in [6.45, 7) is 3.85. The van der Waals surface area contributed by atoms with Crippen LogP contribution in [0.3, 0.4) is 0 Å². The molecule has 2 heterocycles. The Morgan fingerprint density at radius 3 is 2.48 bits per heavy atom. The number of aryl methyl sites for hydroxylation is 2. The summed E-state index contributed by atoms with van der Waals surface area (Å²) in [6, 6.07) is 12.7. The van der Waals surface area contributed by atoms with Crippen LogP contribution in [0.4, 0.5) is 0 Å². The molecule has 1 unspecified atom stereocenters. The van der Waals surface area contributed by atoms with Crippen molar-refractivity contribution < 1.29 is 9.21 Å². The van der Waals surface area contributed by atoms with Crippen LogP contribution >= 0.6 is 0 Å². The van der Waals surface area contributed by atoms with Gasteiger partial charge >= 0.3 is 0 Å². The van der Waals surface area contributed by atoms with E-state index in [1.807, 2.05) is 50.2 Å². The lowest BCUT2D eigenvalue weighted by atomic mass is 9.98. The summed E-state index contributed by atoms with van der Waals surface area (Å²) in [5.41, 5.74) is 3.54. The second-order valence-corrected chi connectivity index (χ2v) is 5.88. The van der Waals surface area contributed by atoms with Crippen molar-refractivity contribution in [2.75, 3.05) is 0 Å².